The highest BCUT2D eigenvalue weighted by molar-refractivity contribution is 6.51. The molecule has 40 heavy (non-hydrogen) atoms. The summed E-state index contributed by atoms with van der Waals surface area (Å²) in [6, 6.07) is 24.9. The summed E-state index contributed by atoms with van der Waals surface area (Å²) >= 11 is 6.21. The van der Waals surface area contributed by atoms with Crippen LogP contribution in [0.1, 0.15) is 28.3 Å². The molecule has 8 heteroatoms. The number of benzene rings is 4. The van der Waals surface area contributed by atoms with Crippen LogP contribution < -0.4 is 14.4 Å². The molecule has 0 radical (unpaired) electrons. The number of hydrogen-bond donors (Lipinski definition) is 2. The van der Waals surface area contributed by atoms with Crippen molar-refractivity contribution in [1.29, 1.82) is 0 Å². The molecule has 0 saturated carbocycles. The lowest BCUT2D eigenvalue weighted by atomic mass is 9.94. The molecule has 1 amide bonds. The van der Waals surface area contributed by atoms with Crippen molar-refractivity contribution in [2.75, 3.05) is 12.0 Å². The van der Waals surface area contributed by atoms with E-state index >= 15 is 0 Å². The van der Waals surface area contributed by atoms with Gasteiger partial charge in [-0.2, -0.15) is 0 Å². The van der Waals surface area contributed by atoms with E-state index < -0.39 is 17.7 Å². The van der Waals surface area contributed by atoms with Crippen molar-refractivity contribution in [2.24, 2.45) is 0 Å². The number of phenols is 1. The van der Waals surface area contributed by atoms with Crippen LogP contribution in [0.15, 0.2) is 96.6 Å². The number of aliphatic hydroxyl groups is 1. The number of methoxy groups -OCH3 is 1. The molecule has 1 fully saturated rings. The molecule has 4 aromatic rings. The van der Waals surface area contributed by atoms with Crippen molar-refractivity contribution >= 4 is 34.7 Å². The zero-order valence-corrected chi connectivity index (χ0v) is 22.6. The number of aromatic hydroxyl groups is 1. The van der Waals surface area contributed by atoms with E-state index in [4.69, 9.17) is 21.1 Å². The first kappa shape index (κ1) is 26.8. The van der Waals surface area contributed by atoms with E-state index in [0.29, 0.717) is 34.9 Å². The van der Waals surface area contributed by atoms with Gasteiger partial charge in [0, 0.05) is 17.3 Å². The Bertz CT molecular complexity index is 1630. The number of amides is 1. The van der Waals surface area contributed by atoms with Crippen LogP contribution in [-0.2, 0) is 16.2 Å². The number of Topliss-reactive ketones (excluding diaryl/α,β-unsaturated/α-hetero) is 1. The maximum absolute atomic E-state index is 13.5. The number of carbonyl (C=O) groups is 2. The van der Waals surface area contributed by atoms with Crippen molar-refractivity contribution in [1.82, 2.24) is 0 Å². The fraction of sp³-hybridized carbons (Fsp3) is 0.125. The van der Waals surface area contributed by atoms with Gasteiger partial charge in [-0.05, 0) is 66.1 Å². The Morgan fingerprint density at radius 3 is 2.42 bits per heavy atom. The van der Waals surface area contributed by atoms with Crippen molar-refractivity contribution < 1.29 is 29.3 Å². The molecule has 1 saturated heterocycles. The minimum atomic E-state index is -1.01. The van der Waals surface area contributed by atoms with Crippen LogP contribution in [0, 0.1) is 6.92 Å². The van der Waals surface area contributed by atoms with E-state index in [1.807, 2.05) is 37.3 Å². The van der Waals surface area contributed by atoms with Crippen LogP contribution in [0.3, 0.4) is 0 Å². The van der Waals surface area contributed by atoms with Crippen LogP contribution >= 0.6 is 11.6 Å². The second-order valence-electron chi connectivity index (χ2n) is 9.34. The lowest BCUT2D eigenvalue weighted by molar-refractivity contribution is -0.132. The van der Waals surface area contributed by atoms with Crippen LogP contribution in [0.2, 0.25) is 5.02 Å². The lowest BCUT2D eigenvalue weighted by Gasteiger charge is -2.26. The van der Waals surface area contributed by atoms with Gasteiger partial charge in [0.15, 0.2) is 0 Å². The zero-order chi connectivity index (χ0) is 28.4. The molecular weight excluding hydrogens is 530 g/mol. The van der Waals surface area contributed by atoms with Crippen LogP contribution in [0.4, 0.5) is 5.69 Å². The van der Waals surface area contributed by atoms with Gasteiger partial charge in [0.1, 0.15) is 29.6 Å². The number of hydrogen-bond acceptors (Lipinski definition) is 6. The van der Waals surface area contributed by atoms with Crippen LogP contribution in [0.25, 0.3) is 5.76 Å². The highest BCUT2D eigenvalue weighted by Gasteiger charge is 2.47. The predicted octanol–water partition coefficient (Wildman–Crippen LogP) is 6.57. The zero-order valence-electron chi connectivity index (χ0n) is 21.8. The summed E-state index contributed by atoms with van der Waals surface area (Å²) in [5, 5.41) is 21.5. The van der Waals surface area contributed by atoms with Crippen molar-refractivity contribution in [3.05, 3.63) is 124 Å². The number of rotatable bonds is 7. The predicted molar refractivity (Wildman–Crippen MR) is 153 cm³/mol. The van der Waals surface area contributed by atoms with Gasteiger partial charge in [-0.1, -0.05) is 54.1 Å². The van der Waals surface area contributed by atoms with E-state index in [1.54, 1.807) is 48.5 Å². The average Bonchev–Trinajstić information content (AvgIpc) is 3.23. The molecule has 0 aliphatic carbocycles. The Balaban J connectivity index is 1.58. The summed E-state index contributed by atoms with van der Waals surface area (Å²) in [7, 11) is 1.50. The topological polar surface area (TPSA) is 96.3 Å². The Kier molecular flexibility index (Phi) is 7.49. The van der Waals surface area contributed by atoms with Crippen molar-refractivity contribution in [3.8, 4) is 17.2 Å². The van der Waals surface area contributed by atoms with Crippen LogP contribution in [0.5, 0.6) is 17.2 Å². The molecular formula is C32H26ClNO6. The molecule has 1 unspecified atom stereocenters. The van der Waals surface area contributed by atoms with E-state index in [-0.39, 0.29) is 22.1 Å². The lowest BCUT2D eigenvalue weighted by Crippen LogP contribution is -2.29. The first-order valence-electron chi connectivity index (χ1n) is 12.5. The Labute approximate surface area is 236 Å². The van der Waals surface area contributed by atoms with Gasteiger partial charge in [0.25, 0.3) is 11.7 Å². The molecule has 4 aromatic carbocycles. The Morgan fingerprint density at radius 2 is 1.73 bits per heavy atom. The normalized spacial score (nSPS) is 16.3. The van der Waals surface area contributed by atoms with E-state index in [9.17, 15) is 19.8 Å². The van der Waals surface area contributed by atoms with E-state index in [2.05, 4.69) is 0 Å². The number of nitrogens with zero attached hydrogens (tertiary/aromatic N) is 1. The molecule has 1 heterocycles. The molecule has 0 aromatic heterocycles. The maximum Gasteiger partial charge on any atom is 0.300 e. The molecule has 0 spiro atoms. The Hall–Kier alpha value is -4.75. The molecule has 2 N–H and O–H groups in total. The summed E-state index contributed by atoms with van der Waals surface area (Å²) in [4.78, 5) is 28.2. The van der Waals surface area contributed by atoms with E-state index in [1.165, 1.54) is 24.1 Å². The number of phenolic OH excluding ortho intramolecular Hbond substituents is 1. The van der Waals surface area contributed by atoms with Gasteiger partial charge < -0.3 is 19.7 Å². The SMILES string of the molecule is COc1cccc(N2C(=O)C(=O)/C(=C(\O)c3ccc(OCc4ccccc4)c(C)c3)C2c2ccc(O)c(Cl)c2)c1. The number of ether oxygens (including phenoxy) is 2. The summed E-state index contributed by atoms with van der Waals surface area (Å²) in [6.45, 7) is 2.21. The van der Waals surface area contributed by atoms with Crippen LogP contribution in [-0.4, -0.2) is 29.0 Å². The summed E-state index contributed by atoms with van der Waals surface area (Å²) in [6.07, 6.45) is 0. The third kappa shape index (κ3) is 5.11. The second kappa shape index (κ2) is 11.2. The van der Waals surface area contributed by atoms with Crippen molar-refractivity contribution in [2.45, 2.75) is 19.6 Å². The highest BCUT2D eigenvalue weighted by atomic mass is 35.5. The van der Waals surface area contributed by atoms with Gasteiger partial charge >= 0.3 is 0 Å². The molecule has 5 rings (SSSR count). The van der Waals surface area contributed by atoms with Gasteiger partial charge in [0.2, 0.25) is 0 Å². The molecule has 1 aliphatic heterocycles. The molecule has 202 valence electrons. The minimum Gasteiger partial charge on any atom is -0.507 e. The van der Waals surface area contributed by atoms with Gasteiger partial charge in [-0.25, -0.2) is 0 Å². The van der Waals surface area contributed by atoms with Gasteiger partial charge in [-0.3, -0.25) is 14.5 Å². The van der Waals surface area contributed by atoms with Gasteiger partial charge in [-0.15, -0.1) is 0 Å². The Morgan fingerprint density at radius 1 is 0.950 bits per heavy atom. The molecule has 0 bridgehead atoms. The summed E-state index contributed by atoms with van der Waals surface area (Å²) < 4.78 is 11.3. The maximum atomic E-state index is 13.5. The first-order chi connectivity index (χ1) is 19.3. The fourth-order valence-corrected chi connectivity index (χ4v) is 4.91. The standard InChI is InChI=1S/C32H26ClNO6/c1-19-15-22(12-14-27(19)40-18-20-7-4-3-5-8-20)30(36)28-29(21-11-13-26(35)25(33)16-21)34(32(38)31(28)37)23-9-6-10-24(17-23)39-2/h3-17,29,35-36H,18H2,1-2H3/b30-28-. The van der Waals surface area contributed by atoms with E-state index in [0.717, 1.165) is 11.1 Å². The third-order valence-electron chi connectivity index (χ3n) is 6.75. The second-order valence-corrected chi connectivity index (χ2v) is 9.74. The third-order valence-corrected chi connectivity index (χ3v) is 7.05. The number of aryl methyl sites for hydroxylation is 1. The monoisotopic (exact) mass is 555 g/mol. The number of ketones is 1. The summed E-state index contributed by atoms with van der Waals surface area (Å²) in [5.74, 6) is -1.04. The number of halogens is 1. The molecule has 7 nitrogen and oxygen atoms in total. The smallest absolute Gasteiger partial charge is 0.300 e. The number of anilines is 1. The van der Waals surface area contributed by atoms with Crippen molar-refractivity contribution in [3.63, 3.8) is 0 Å². The number of aliphatic hydroxyl groups excluding tert-OH is 1. The molecule has 1 aliphatic rings. The average molecular weight is 556 g/mol. The largest absolute Gasteiger partial charge is 0.507 e. The first-order valence-corrected chi connectivity index (χ1v) is 12.9. The highest BCUT2D eigenvalue weighted by Crippen LogP contribution is 2.44. The minimum absolute atomic E-state index is 0.0458. The quantitative estimate of drug-likeness (QED) is 0.152. The molecule has 1 atom stereocenters. The fourth-order valence-electron chi connectivity index (χ4n) is 4.72. The summed E-state index contributed by atoms with van der Waals surface area (Å²) in [5.41, 5.74) is 2.83. The number of carbonyl (C=O) groups excluding carboxylic acids is 2. The van der Waals surface area contributed by atoms with Gasteiger partial charge in [0.05, 0.1) is 23.7 Å².